The molecule has 0 aliphatic heterocycles. The quantitative estimate of drug-likeness (QED) is 0.508. The van der Waals surface area contributed by atoms with Gasteiger partial charge in [0.05, 0.1) is 5.56 Å². The Balaban J connectivity index is 0.000000255. The molecule has 1 aliphatic rings. The molecule has 1 aliphatic carbocycles. The molecule has 3 aromatic rings. The lowest BCUT2D eigenvalue weighted by molar-refractivity contribution is -0.137. The molecular formula is C24H30F3N5O3S. The molecule has 0 bridgehead atoms. The Labute approximate surface area is 209 Å². The summed E-state index contributed by atoms with van der Waals surface area (Å²) in [7, 11) is 0.341. The predicted molar refractivity (Wildman–Crippen MR) is 132 cm³/mol. The number of nitrogens with zero attached hydrogens (tertiary/aromatic N) is 3. The maximum atomic E-state index is 12.7. The van der Waals surface area contributed by atoms with Gasteiger partial charge in [-0.3, -0.25) is 9.52 Å². The van der Waals surface area contributed by atoms with Crippen LogP contribution in [0.15, 0.2) is 70.9 Å². The SMILES string of the molecule is CN(C)[C@@H]1CCC[C@H](c2cccc(C(F)(F)F)c2)C1.O=c1ccc(S(=O)(=O)Nc2ccncn2)c[nH]1.[HH]. The highest BCUT2D eigenvalue weighted by atomic mass is 32.2. The van der Waals surface area contributed by atoms with Crippen LogP contribution < -0.4 is 10.3 Å². The Hall–Kier alpha value is -3.25. The topological polar surface area (TPSA) is 108 Å². The van der Waals surface area contributed by atoms with E-state index in [1.54, 1.807) is 0 Å². The lowest BCUT2D eigenvalue weighted by atomic mass is 9.80. The van der Waals surface area contributed by atoms with Crippen molar-refractivity contribution in [2.24, 2.45) is 0 Å². The van der Waals surface area contributed by atoms with E-state index in [-0.39, 0.29) is 23.6 Å². The van der Waals surface area contributed by atoms with Crippen molar-refractivity contribution >= 4 is 15.8 Å². The molecule has 0 spiro atoms. The van der Waals surface area contributed by atoms with E-state index in [9.17, 15) is 26.4 Å². The third kappa shape index (κ3) is 7.62. The van der Waals surface area contributed by atoms with E-state index in [0.717, 1.165) is 49.6 Å². The number of nitrogens with one attached hydrogen (secondary N) is 2. The minimum atomic E-state index is -4.24. The summed E-state index contributed by atoms with van der Waals surface area (Å²) >= 11 is 0. The highest BCUT2D eigenvalue weighted by molar-refractivity contribution is 7.92. The summed E-state index contributed by atoms with van der Waals surface area (Å²) in [6, 6.07) is 10.1. The van der Waals surface area contributed by atoms with E-state index in [2.05, 4.69) is 24.6 Å². The van der Waals surface area contributed by atoms with Gasteiger partial charge in [-0.25, -0.2) is 18.4 Å². The smallest absolute Gasteiger partial charge is 0.328 e. The Morgan fingerprint density at radius 3 is 2.53 bits per heavy atom. The molecule has 2 N–H and O–H groups in total. The first-order chi connectivity index (χ1) is 17.0. The number of halogens is 3. The first-order valence-corrected chi connectivity index (χ1v) is 12.7. The minimum Gasteiger partial charge on any atom is -0.328 e. The van der Waals surface area contributed by atoms with Gasteiger partial charge in [-0.1, -0.05) is 24.6 Å². The van der Waals surface area contributed by atoms with Crippen molar-refractivity contribution in [2.75, 3.05) is 18.8 Å². The number of benzene rings is 1. The number of rotatable bonds is 5. The molecular weight excluding hydrogens is 495 g/mol. The second-order valence-electron chi connectivity index (χ2n) is 8.69. The fraction of sp³-hybridized carbons (Fsp3) is 0.375. The Morgan fingerprint density at radius 2 is 1.92 bits per heavy atom. The van der Waals surface area contributed by atoms with E-state index >= 15 is 0 Å². The first kappa shape index (κ1) is 27.3. The van der Waals surface area contributed by atoms with Gasteiger partial charge in [-0.15, -0.1) is 0 Å². The maximum absolute atomic E-state index is 12.7. The van der Waals surface area contributed by atoms with Gasteiger partial charge in [0, 0.05) is 25.9 Å². The molecule has 2 heterocycles. The average Bonchev–Trinajstić information content (AvgIpc) is 2.85. The summed E-state index contributed by atoms with van der Waals surface area (Å²) in [5.74, 6) is 0.412. The fourth-order valence-electron chi connectivity index (χ4n) is 4.02. The number of anilines is 1. The summed E-state index contributed by atoms with van der Waals surface area (Å²) < 4.78 is 64.1. The summed E-state index contributed by atoms with van der Waals surface area (Å²) in [5.41, 5.74) is -0.0654. The average molecular weight is 526 g/mol. The van der Waals surface area contributed by atoms with Crippen LogP contribution in [0.4, 0.5) is 19.0 Å². The largest absolute Gasteiger partial charge is 0.416 e. The molecule has 2 aromatic heterocycles. The Bertz CT molecular complexity index is 1280. The number of alkyl halides is 3. The predicted octanol–water partition coefficient (Wildman–Crippen LogP) is 4.50. The van der Waals surface area contributed by atoms with Crippen molar-refractivity contribution in [3.05, 3.63) is 82.7 Å². The molecule has 0 unspecified atom stereocenters. The van der Waals surface area contributed by atoms with Gasteiger partial charge in [-0.2, -0.15) is 13.2 Å². The van der Waals surface area contributed by atoms with E-state index in [4.69, 9.17) is 0 Å². The van der Waals surface area contributed by atoms with Crippen LogP contribution in [0.25, 0.3) is 0 Å². The van der Waals surface area contributed by atoms with Gasteiger partial charge in [0.15, 0.2) is 0 Å². The number of hydrogen-bond acceptors (Lipinski definition) is 6. The third-order valence-corrected chi connectivity index (χ3v) is 7.30. The highest BCUT2D eigenvalue weighted by Crippen LogP contribution is 2.37. The molecule has 8 nitrogen and oxygen atoms in total. The Morgan fingerprint density at radius 1 is 1.14 bits per heavy atom. The molecule has 1 saturated carbocycles. The molecule has 36 heavy (non-hydrogen) atoms. The molecule has 1 fully saturated rings. The first-order valence-electron chi connectivity index (χ1n) is 11.3. The highest BCUT2D eigenvalue weighted by Gasteiger charge is 2.32. The number of H-pyrrole nitrogens is 1. The standard InChI is InChI=1S/C15H20F3N.C9H8N4O3S.H2/c1-19(2)14-8-4-6-12(10-14)11-5-3-7-13(9-11)15(16,17)18;14-9-2-1-7(5-11-9)17(15,16)13-8-3-4-10-6-12-8;/h3,5,7,9,12,14H,4,6,8,10H2,1-2H3;1-6H,(H,11,14)(H,10,12,13);1H/t12-,14+;;/m0../s1. The Kier molecular flexibility index (Phi) is 8.85. The monoisotopic (exact) mass is 525 g/mol. The van der Waals surface area contributed by atoms with Crippen LogP contribution in [0.2, 0.25) is 0 Å². The van der Waals surface area contributed by atoms with Gasteiger partial charge in [0.25, 0.3) is 10.0 Å². The van der Waals surface area contributed by atoms with Crippen LogP contribution in [-0.2, 0) is 16.2 Å². The molecule has 1 aromatic carbocycles. The van der Waals surface area contributed by atoms with Crippen molar-refractivity contribution in [1.82, 2.24) is 19.9 Å². The summed E-state index contributed by atoms with van der Waals surface area (Å²) in [6.07, 6.45) is 3.69. The maximum Gasteiger partial charge on any atom is 0.416 e. The van der Waals surface area contributed by atoms with Crippen LogP contribution in [-0.4, -0.2) is 48.4 Å². The number of aromatic nitrogens is 3. The number of sulfonamides is 1. The molecule has 4 rings (SSSR count). The van der Waals surface area contributed by atoms with Gasteiger partial charge in [-0.05, 0) is 63.0 Å². The van der Waals surface area contributed by atoms with Crippen LogP contribution in [0.1, 0.15) is 44.2 Å². The second kappa shape index (κ2) is 11.7. The minimum absolute atomic E-state index is 0. The summed E-state index contributed by atoms with van der Waals surface area (Å²) in [5, 5.41) is 0. The normalized spacial score (nSPS) is 18.3. The van der Waals surface area contributed by atoms with Crippen molar-refractivity contribution < 1.29 is 23.0 Å². The number of pyridine rings is 1. The fourth-order valence-corrected chi connectivity index (χ4v) is 4.99. The van der Waals surface area contributed by atoms with Crippen LogP contribution in [0.3, 0.4) is 0 Å². The van der Waals surface area contributed by atoms with Gasteiger partial charge in [0.2, 0.25) is 5.56 Å². The summed E-state index contributed by atoms with van der Waals surface area (Å²) in [6.45, 7) is 0. The zero-order valence-corrected chi connectivity index (χ0v) is 20.7. The number of hydrogen-bond donors (Lipinski definition) is 2. The molecule has 0 saturated heterocycles. The van der Waals surface area contributed by atoms with Crippen LogP contribution in [0, 0.1) is 0 Å². The lowest BCUT2D eigenvalue weighted by Crippen LogP contribution is -2.32. The molecule has 0 radical (unpaired) electrons. The molecule has 0 amide bonds. The van der Waals surface area contributed by atoms with Crippen molar-refractivity contribution in [3.63, 3.8) is 0 Å². The van der Waals surface area contributed by atoms with E-state index in [1.807, 2.05) is 20.2 Å². The van der Waals surface area contributed by atoms with Crippen molar-refractivity contribution in [1.29, 1.82) is 0 Å². The molecule has 2 atom stereocenters. The number of aromatic amines is 1. The summed E-state index contributed by atoms with van der Waals surface area (Å²) in [4.78, 5) is 22.6. The van der Waals surface area contributed by atoms with Gasteiger partial charge >= 0.3 is 6.18 Å². The molecule has 196 valence electrons. The van der Waals surface area contributed by atoms with E-state index in [1.165, 1.54) is 36.8 Å². The van der Waals surface area contributed by atoms with Crippen LogP contribution in [0.5, 0.6) is 0 Å². The van der Waals surface area contributed by atoms with E-state index in [0.29, 0.717) is 6.04 Å². The van der Waals surface area contributed by atoms with Crippen LogP contribution >= 0.6 is 0 Å². The van der Waals surface area contributed by atoms with E-state index < -0.39 is 21.8 Å². The molecule has 12 heteroatoms. The van der Waals surface area contributed by atoms with Crippen molar-refractivity contribution in [3.8, 4) is 0 Å². The zero-order chi connectivity index (χ0) is 26.3. The third-order valence-electron chi connectivity index (χ3n) is 5.95. The van der Waals surface area contributed by atoms with Crippen molar-refractivity contribution in [2.45, 2.75) is 48.7 Å². The van der Waals surface area contributed by atoms with Gasteiger partial charge < -0.3 is 9.88 Å². The second-order valence-corrected chi connectivity index (χ2v) is 10.4. The zero-order valence-electron chi connectivity index (χ0n) is 19.9. The lowest BCUT2D eigenvalue weighted by Gasteiger charge is -2.33. The van der Waals surface area contributed by atoms with Gasteiger partial charge in [0.1, 0.15) is 17.0 Å².